The molecule has 0 aromatic rings. The van der Waals surface area contributed by atoms with Gasteiger partial charge >= 0.3 is 0 Å². The van der Waals surface area contributed by atoms with Gasteiger partial charge in [0, 0.05) is 6.04 Å². The van der Waals surface area contributed by atoms with Crippen molar-refractivity contribution >= 4 is 0 Å². The molecule has 1 aliphatic rings. The lowest BCUT2D eigenvalue weighted by molar-refractivity contribution is 0.219. The van der Waals surface area contributed by atoms with Crippen molar-refractivity contribution in [3.63, 3.8) is 0 Å². The Labute approximate surface area is 87.9 Å². The maximum atomic E-state index is 5.67. The zero-order valence-corrected chi connectivity index (χ0v) is 9.77. The van der Waals surface area contributed by atoms with Crippen molar-refractivity contribution < 1.29 is 0 Å². The van der Waals surface area contributed by atoms with Gasteiger partial charge in [0.1, 0.15) is 0 Å². The van der Waals surface area contributed by atoms with E-state index in [0.717, 1.165) is 0 Å². The number of hydrazine groups is 1. The summed E-state index contributed by atoms with van der Waals surface area (Å²) in [4.78, 5) is 0. The first-order valence-corrected chi connectivity index (χ1v) is 5.76. The van der Waals surface area contributed by atoms with Crippen molar-refractivity contribution in [2.24, 2.45) is 11.3 Å². The number of hydrogen-bond donors (Lipinski definition) is 2. The quantitative estimate of drug-likeness (QED) is 0.412. The van der Waals surface area contributed by atoms with Crippen LogP contribution in [0.1, 0.15) is 52.9 Å². The minimum atomic E-state index is 0.361. The van der Waals surface area contributed by atoms with Crippen LogP contribution in [0.3, 0.4) is 0 Å². The lowest BCUT2D eigenvalue weighted by atomic mass is 9.76. The van der Waals surface area contributed by atoms with Gasteiger partial charge in [-0.1, -0.05) is 31.4 Å². The van der Waals surface area contributed by atoms with E-state index in [-0.39, 0.29) is 0 Å². The van der Waals surface area contributed by atoms with Gasteiger partial charge in [0.2, 0.25) is 0 Å². The van der Waals surface area contributed by atoms with Crippen molar-refractivity contribution in [1.82, 2.24) is 5.43 Å². The maximum Gasteiger partial charge on any atom is 0.0449 e. The van der Waals surface area contributed by atoms with Crippen molar-refractivity contribution in [2.45, 2.75) is 58.9 Å². The Morgan fingerprint density at radius 1 is 1.43 bits per heavy atom. The molecular formula is C12H24N2. The Morgan fingerprint density at radius 3 is 2.36 bits per heavy atom. The highest BCUT2D eigenvalue weighted by Crippen LogP contribution is 2.44. The topological polar surface area (TPSA) is 38.0 Å². The minimum Gasteiger partial charge on any atom is -0.271 e. The first kappa shape index (κ1) is 11.7. The predicted octanol–water partition coefficient (Wildman–Crippen LogP) is 2.75. The first-order chi connectivity index (χ1) is 6.64. The van der Waals surface area contributed by atoms with Crippen LogP contribution in [0.2, 0.25) is 0 Å². The van der Waals surface area contributed by atoms with E-state index in [2.05, 4.69) is 32.3 Å². The third-order valence-corrected chi connectivity index (χ3v) is 3.64. The lowest BCUT2D eigenvalue weighted by Crippen LogP contribution is -2.46. The van der Waals surface area contributed by atoms with Crippen molar-refractivity contribution in [2.75, 3.05) is 0 Å². The molecule has 82 valence electrons. The Hall–Kier alpha value is -0.340. The molecule has 3 N–H and O–H groups in total. The summed E-state index contributed by atoms with van der Waals surface area (Å²) >= 11 is 0. The van der Waals surface area contributed by atoms with Crippen LogP contribution < -0.4 is 11.3 Å². The number of nitrogens with two attached hydrogens (primary N) is 1. The fraction of sp³-hybridized carbons (Fsp3) is 0.833. The molecule has 0 radical (unpaired) electrons. The van der Waals surface area contributed by atoms with Crippen LogP contribution in [0.4, 0.5) is 0 Å². The molecule has 0 amide bonds. The van der Waals surface area contributed by atoms with Crippen molar-refractivity contribution in [3.8, 4) is 0 Å². The molecule has 14 heavy (non-hydrogen) atoms. The predicted molar refractivity (Wildman–Crippen MR) is 61.7 cm³/mol. The average Bonchev–Trinajstić information content (AvgIpc) is 2.63. The summed E-state index contributed by atoms with van der Waals surface area (Å²) in [6.45, 7) is 6.57. The fourth-order valence-electron chi connectivity index (χ4n) is 2.70. The number of hydrogen-bond acceptors (Lipinski definition) is 2. The van der Waals surface area contributed by atoms with Crippen molar-refractivity contribution in [1.29, 1.82) is 0 Å². The van der Waals surface area contributed by atoms with E-state index < -0.39 is 0 Å². The van der Waals surface area contributed by atoms with E-state index in [1.54, 1.807) is 0 Å². The molecule has 1 saturated carbocycles. The number of nitrogens with one attached hydrogen (secondary N) is 1. The maximum absolute atomic E-state index is 5.67. The van der Waals surface area contributed by atoms with Gasteiger partial charge in [-0.05, 0) is 38.5 Å². The van der Waals surface area contributed by atoms with Gasteiger partial charge in [-0.2, -0.15) is 0 Å². The largest absolute Gasteiger partial charge is 0.271 e. The third-order valence-electron chi connectivity index (χ3n) is 3.64. The van der Waals surface area contributed by atoms with Crippen LogP contribution in [-0.2, 0) is 0 Å². The summed E-state index contributed by atoms with van der Waals surface area (Å²) in [7, 11) is 0. The molecule has 0 bridgehead atoms. The van der Waals surface area contributed by atoms with Gasteiger partial charge in [-0.25, -0.2) is 0 Å². The molecule has 1 atom stereocenters. The highest BCUT2D eigenvalue weighted by atomic mass is 15.2. The van der Waals surface area contributed by atoms with E-state index >= 15 is 0 Å². The van der Waals surface area contributed by atoms with E-state index in [9.17, 15) is 0 Å². The molecule has 1 aliphatic carbocycles. The molecular weight excluding hydrogens is 172 g/mol. The van der Waals surface area contributed by atoms with Gasteiger partial charge in [-0.3, -0.25) is 11.3 Å². The van der Waals surface area contributed by atoms with E-state index in [1.807, 2.05) is 0 Å². The molecule has 2 heteroatoms. The van der Waals surface area contributed by atoms with Crippen LogP contribution in [-0.4, -0.2) is 6.04 Å². The molecule has 2 nitrogen and oxygen atoms in total. The minimum absolute atomic E-state index is 0.361. The molecule has 0 aliphatic heterocycles. The Kier molecular flexibility index (Phi) is 4.14. The zero-order valence-electron chi connectivity index (χ0n) is 9.77. The van der Waals surface area contributed by atoms with Gasteiger partial charge in [0.15, 0.2) is 0 Å². The lowest BCUT2D eigenvalue weighted by Gasteiger charge is -2.35. The molecule has 0 aromatic heterocycles. The second-order valence-corrected chi connectivity index (χ2v) is 4.81. The summed E-state index contributed by atoms with van der Waals surface area (Å²) < 4.78 is 0. The van der Waals surface area contributed by atoms with Crippen LogP contribution in [0.15, 0.2) is 11.6 Å². The van der Waals surface area contributed by atoms with Gasteiger partial charge in [0.05, 0.1) is 0 Å². The normalized spacial score (nSPS) is 22.0. The molecule has 0 heterocycles. The standard InChI is InChI=1S/C12H24N2/c1-4-12(7-5-6-8-12)11(14-13)9-10(2)3/h9,11,14H,4-8,13H2,1-3H3. The Balaban J connectivity index is 2.79. The van der Waals surface area contributed by atoms with Crippen LogP contribution in [0.25, 0.3) is 0 Å². The Bertz CT molecular complexity index is 198. The summed E-state index contributed by atoms with van der Waals surface area (Å²) in [5.41, 5.74) is 4.77. The van der Waals surface area contributed by atoms with Gasteiger partial charge in [0.25, 0.3) is 0 Å². The Morgan fingerprint density at radius 2 is 2.00 bits per heavy atom. The third kappa shape index (κ3) is 2.37. The van der Waals surface area contributed by atoms with Crippen LogP contribution in [0, 0.1) is 5.41 Å². The summed E-state index contributed by atoms with van der Waals surface area (Å²) in [5.74, 6) is 5.67. The van der Waals surface area contributed by atoms with Crippen molar-refractivity contribution in [3.05, 3.63) is 11.6 Å². The molecule has 0 spiro atoms. The molecule has 0 aromatic carbocycles. The van der Waals surface area contributed by atoms with Crippen LogP contribution in [0.5, 0.6) is 0 Å². The fourth-order valence-corrected chi connectivity index (χ4v) is 2.70. The highest BCUT2D eigenvalue weighted by molar-refractivity contribution is 5.08. The molecule has 1 fully saturated rings. The molecule has 1 rings (SSSR count). The smallest absolute Gasteiger partial charge is 0.0449 e. The first-order valence-electron chi connectivity index (χ1n) is 5.76. The summed E-state index contributed by atoms with van der Waals surface area (Å²) in [6.07, 6.45) is 8.88. The molecule has 1 unspecified atom stereocenters. The monoisotopic (exact) mass is 196 g/mol. The van der Waals surface area contributed by atoms with Gasteiger partial charge in [-0.15, -0.1) is 0 Å². The van der Waals surface area contributed by atoms with E-state index in [1.165, 1.54) is 37.7 Å². The average molecular weight is 196 g/mol. The SMILES string of the molecule is CCC1(C(C=C(C)C)NN)CCCC1. The van der Waals surface area contributed by atoms with E-state index in [4.69, 9.17) is 5.84 Å². The second kappa shape index (κ2) is 4.94. The summed E-state index contributed by atoms with van der Waals surface area (Å²) in [5, 5.41) is 0. The van der Waals surface area contributed by atoms with Gasteiger partial charge < -0.3 is 0 Å². The molecule has 0 saturated heterocycles. The number of allylic oxidation sites excluding steroid dienone is 1. The van der Waals surface area contributed by atoms with Crippen LogP contribution >= 0.6 is 0 Å². The number of rotatable bonds is 4. The van der Waals surface area contributed by atoms with E-state index in [0.29, 0.717) is 11.5 Å². The second-order valence-electron chi connectivity index (χ2n) is 4.81. The summed E-state index contributed by atoms with van der Waals surface area (Å²) in [6, 6.07) is 0.361. The highest BCUT2D eigenvalue weighted by Gasteiger charge is 2.37. The zero-order chi connectivity index (χ0) is 10.6.